The summed E-state index contributed by atoms with van der Waals surface area (Å²) in [5, 5.41) is 4.53. The number of halogens is 1. The van der Waals surface area contributed by atoms with Crippen molar-refractivity contribution in [2.24, 2.45) is 0 Å². The van der Waals surface area contributed by atoms with Gasteiger partial charge in [-0.15, -0.1) is 0 Å². The van der Waals surface area contributed by atoms with Crippen molar-refractivity contribution < 1.29 is 14.9 Å². The Morgan fingerprint density at radius 3 is 2.48 bits per heavy atom. The van der Waals surface area contributed by atoms with Gasteiger partial charge >= 0.3 is 0 Å². The van der Waals surface area contributed by atoms with Crippen LogP contribution in [0.1, 0.15) is 24.9 Å². The van der Waals surface area contributed by atoms with E-state index in [1.807, 2.05) is 17.4 Å². The molecule has 3 N–H and O–H groups in total. The quantitative estimate of drug-likeness (QED) is 0.753. The minimum Gasteiger partial charge on any atom is -0.358 e. The zero-order valence-corrected chi connectivity index (χ0v) is 14.3. The van der Waals surface area contributed by atoms with Gasteiger partial charge in [0.05, 0.1) is 6.54 Å². The third kappa shape index (κ3) is 5.85. The third-order valence-corrected chi connectivity index (χ3v) is 3.93. The van der Waals surface area contributed by atoms with E-state index in [1.165, 1.54) is 10.5 Å². The maximum absolute atomic E-state index is 12.0. The average Bonchev–Trinajstić information content (AvgIpc) is 2.48. The molecule has 1 aromatic rings. The van der Waals surface area contributed by atoms with Crippen LogP contribution in [-0.4, -0.2) is 43.9 Å². The summed E-state index contributed by atoms with van der Waals surface area (Å²) in [6.07, 6.45) is 0.939. The molecule has 0 aliphatic carbocycles. The number of hydrogen-bond acceptors (Lipinski definition) is 2. The fourth-order valence-electron chi connectivity index (χ4n) is 2.03. The Balaban J connectivity index is 2.53. The van der Waals surface area contributed by atoms with E-state index >= 15 is 0 Å². The maximum atomic E-state index is 12.0. The lowest BCUT2D eigenvalue weighted by atomic mass is 10.0. The summed E-state index contributed by atoms with van der Waals surface area (Å²) in [4.78, 5) is 24.7. The van der Waals surface area contributed by atoms with Crippen LogP contribution in [0.3, 0.4) is 0 Å². The number of benzene rings is 1. The monoisotopic (exact) mass is 356 g/mol. The van der Waals surface area contributed by atoms with Crippen LogP contribution in [-0.2, 0) is 9.59 Å². The van der Waals surface area contributed by atoms with Gasteiger partial charge in [0.15, 0.2) is 6.54 Å². The number of carbonyl (C=O) groups excluding carboxylic acids is 2. The lowest BCUT2D eigenvalue weighted by Crippen LogP contribution is -2.87. The third-order valence-electron chi connectivity index (χ3n) is 3.40. The molecule has 6 heteroatoms. The summed E-state index contributed by atoms with van der Waals surface area (Å²) in [7, 11) is 3.21. The van der Waals surface area contributed by atoms with Gasteiger partial charge in [0.25, 0.3) is 5.91 Å². The fourth-order valence-corrected chi connectivity index (χ4v) is 2.29. The number of hydrogen-bond donors (Lipinski definition) is 2. The van der Waals surface area contributed by atoms with Crippen molar-refractivity contribution in [1.82, 2.24) is 10.2 Å². The number of nitrogens with zero attached hydrogens (tertiary/aromatic N) is 1. The van der Waals surface area contributed by atoms with E-state index in [2.05, 4.69) is 40.3 Å². The Labute approximate surface area is 134 Å². The Kier molecular flexibility index (Phi) is 7.39. The van der Waals surface area contributed by atoms with Crippen LogP contribution in [0.5, 0.6) is 0 Å². The van der Waals surface area contributed by atoms with Gasteiger partial charge in [-0.1, -0.05) is 35.0 Å². The summed E-state index contributed by atoms with van der Waals surface area (Å²) < 4.78 is 1.04. The summed E-state index contributed by atoms with van der Waals surface area (Å²) in [6.45, 7) is 2.53. The van der Waals surface area contributed by atoms with E-state index in [1.54, 1.807) is 14.1 Å². The molecule has 116 valence electrons. The van der Waals surface area contributed by atoms with Crippen LogP contribution in [0.4, 0.5) is 0 Å². The summed E-state index contributed by atoms with van der Waals surface area (Å²) >= 11 is 3.42. The molecule has 0 aliphatic heterocycles. The van der Waals surface area contributed by atoms with Crippen LogP contribution >= 0.6 is 15.9 Å². The lowest BCUT2D eigenvalue weighted by molar-refractivity contribution is -0.686. The van der Waals surface area contributed by atoms with Crippen molar-refractivity contribution in [3.63, 3.8) is 0 Å². The molecule has 0 saturated heterocycles. The second kappa shape index (κ2) is 8.79. The highest BCUT2D eigenvalue weighted by Gasteiger charge is 2.18. The van der Waals surface area contributed by atoms with Crippen molar-refractivity contribution in [1.29, 1.82) is 0 Å². The van der Waals surface area contributed by atoms with Gasteiger partial charge in [0, 0.05) is 30.6 Å². The summed E-state index contributed by atoms with van der Waals surface area (Å²) in [5.74, 6) is -0.208. The second-order valence-corrected chi connectivity index (χ2v) is 5.84. The molecule has 0 aliphatic rings. The van der Waals surface area contributed by atoms with Crippen LogP contribution in [0.15, 0.2) is 28.7 Å². The molecular formula is C15H23BrN3O2+. The van der Waals surface area contributed by atoms with E-state index in [0.29, 0.717) is 6.54 Å². The van der Waals surface area contributed by atoms with E-state index in [9.17, 15) is 9.59 Å². The molecule has 0 aromatic heterocycles. The predicted molar refractivity (Wildman–Crippen MR) is 85.7 cm³/mol. The fraction of sp³-hybridized carbons (Fsp3) is 0.467. The molecule has 0 spiro atoms. The zero-order chi connectivity index (χ0) is 15.8. The van der Waals surface area contributed by atoms with Gasteiger partial charge in [-0.05, 0) is 12.1 Å². The molecule has 1 aromatic carbocycles. The SMILES string of the molecule is CC[C@@H]([NH2+]CC(=O)N(C)CC(=O)NC)c1ccc(Br)cc1. The molecule has 0 unspecified atom stereocenters. The van der Waals surface area contributed by atoms with Crippen LogP contribution < -0.4 is 10.6 Å². The minimum absolute atomic E-state index is 0.0471. The Morgan fingerprint density at radius 1 is 1.33 bits per heavy atom. The molecule has 1 atom stereocenters. The first-order chi connectivity index (χ1) is 9.97. The highest BCUT2D eigenvalue weighted by molar-refractivity contribution is 9.10. The lowest BCUT2D eigenvalue weighted by Gasteiger charge is -2.18. The molecule has 1 rings (SSSR count). The number of likely N-dealkylation sites (N-methyl/N-ethyl adjacent to an activating group) is 2. The second-order valence-electron chi connectivity index (χ2n) is 4.93. The molecule has 5 nitrogen and oxygen atoms in total. The molecule has 0 radical (unpaired) electrons. The Hall–Kier alpha value is -1.40. The van der Waals surface area contributed by atoms with Gasteiger partial charge in [0.2, 0.25) is 5.91 Å². The number of amides is 2. The van der Waals surface area contributed by atoms with Crippen molar-refractivity contribution >= 4 is 27.7 Å². The predicted octanol–water partition coefficient (Wildman–Crippen LogP) is 0.668. The average molecular weight is 357 g/mol. The van der Waals surface area contributed by atoms with E-state index in [-0.39, 0.29) is 24.4 Å². The van der Waals surface area contributed by atoms with Crippen LogP contribution in [0.2, 0.25) is 0 Å². The molecule has 0 fully saturated rings. The van der Waals surface area contributed by atoms with Gasteiger partial charge in [-0.2, -0.15) is 0 Å². The highest BCUT2D eigenvalue weighted by atomic mass is 79.9. The zero-order valence-electron chi connectivity index (χ0n) is 12.7. The smallest absolute Gasteiger partial charge is 0.277 e. The molecular weight excluding hydrogens is 334 g/mol. The van der Waals surface area contributed by atoms with Crippen molar-refractivity contribution in [3.8, 4) is 0 Å². The number of quaternary nitrogens is 1. The highest BCUT2D eigenvalue weighted by Crippen LogP contribution is 2.16. The van der Waals surface area contributed by atoms with Crippen LogP contribution in [0, 0.1) is 0 Å². The first kappa shape index (κ1) is 17.7. The first-order valence-corrected chi connectivity index (χ1v) is 7.80. The van der Waals surface area contributed by atoms with Crippen molar-refractivity contribution in [2.75, 3.05) is 27.2 Å². The first-order valence-electron chi connectivity index (χ1n) is 7.01. The van der Waals surface area contributed by atoms with Gasteiger partial charge in [0.1, 0.15) is 6.04 Å². The van der Waals surface area contributed by atoms with Gasteiger partial charge in [-0.25, -0.2) is 0 Å². The van der Waals surface area contributed by atoms with Gasteiger partial charge in [-0.3, -0.25) is 9.59 Å². The molecule has 2 amide bonds. The normalized spacial score (nSPS) is 11.8. The molecule has 0 bridgehead atoms. The number of rotatable bonds is 7. The van der Waals surface area contributed by atoms with Gasteiger partial charge < -0.3 is 15.5 Å². The van der Waals surface area contributed by atoms with E-state index < -0.39 is 0 Å². The molecule has 21 heavy (non-hydrogen) atoms. The summed E-state index contributed by atoms with van der Waals surface area (Å²) in [5.41, 5.74) is 1.20. The topological polar surface area (TPSA) is 66.0 Å². The molecule has 0 heterocycles. The number of nitrogens with two attached hydrogens (primary N) is 1. The number of carbonyl (C=O) groups is 2. The minimum atomic E-state index is -0.161. The van der Waals surface area contributed by atoms with E-state index in [0.717, 1.165) is 10.9 Å². The number of nitrogens with one attached hydrogen (secondary N) is 1. The Morgan fingerprint density at radius 2 is 1.95 bits per heavy atom. The van der Waals surface area contributed by atoms with Crippen molar-refractivity contribution in [3.05, 3.63) is 34.3 Å². The maximum Gasteiger partial charge on any atom is 0.277 e. The van der Waals surface area contributed by atoms with E-state index in [4.69, 9.17) is 0 Å². The van der Waals surface area contributed by atoms with Crippen LogP contribution in [0.25, 0.3) is 0 Å². The summed E-state index contributed by atoms with van der Waals surface area (Å²) in [6, 6.07) is 8.38. The largest absolute Gasteiger partial charge is 0.358 e. The Bertz CT molecular complexity index is 476. The van der Waals surface area contributed by atoms with Crippen molar-refractivity contribution in [2.45, 2.75) is 19.4 Å². The standard InChI is InChI=1S/C15H22BrN3O2/c1-4-13(11-5-7-12(16)8-6-11)18-9-15(21)19(3)10-14(20)17-2/h5-8,13,18H,4,9-10H2,1-3H3,(H,17,20)/p+1/t13-/m1/s1. The molecule has 0 saturated carbocycles.